The van der Waals surface area contributed by atoms with E-state index in [9.17, 15) is 24.3 Å². The third kappa shape index (κ3) is 14.8. The van der Waals surface area contributed by atoms with Gasteiger partial charge in [-0.15, -0.1) is 0 Å². The van der Waals surface area contributed by atoms with Crippen molar-refractivity contribution in [1.82, 2.24) is 59.8 Å². The summed E-state index contributed by atoms with van der Waals surface area (Å²) in [7, 11) is 0. The van der Waals surface area contributed by atoms with Gasteiger partial charge in [-0.2, -0.15) is 0 Å². The third-order valence-corrected chi connectivity index (χ3v) is 13.3. The average Bonchev–Trinajstić information content (AvgIpc) is 4.42. The Labute approximate surface area is 527 Å². The molecular formula is C66H47N12O8Ru2-. The molecule has 0 saturated carbocycles. The second-order valence-corrected chi connectivity index (χ2v) is 18.9. The maximum absolute atomic E-state index is 10.8. The number of aromatic nitrogens is 12. The van der Waals surface area contributed by atoms with Crippen LogP contribution in [-0.4, -0.2) is 79.8 Å². The molecule has 0 aliphatic heterocycles. The molecule has 436 valence electrons. The summed E-state index contributed by atoms with van der Waals surface area (Å²) in [5.74, 6) is -0.536. The SMILES string of the molecule is Cc1ccnc2c1ccc1c(C)ccnc12.Cc1ccnc2c1ccc1c(C)ccnc12.O=COc1ccnc(-c2cc(C(=O)O)ccn2)c1.O=COc1ccnc(-c2cc(C(=O)[O-])ccn2)c1.[Ru+2].[Ru].c1ccc2[n-]c(-c3nc4ccccc4[n-]3)nc2c1. The number of rotatable bonds is 9. The number of hydrogen-bond donors (Lipinski definition) is 1. The maximum atomic E-state index is 10.8. The fourth-order valence-electron chi connectivity index (χ4n) is 8.98. The van der Waals surface area contributed by atoms with E-state index in [1.165, 1.54) is 117 Å². The number of carboxylic acid groups (broad SMARTS) is 2. The minimum atomic E-state index is -1.29. The molecule has 10 heterocycles. The van der Waals surface area contributed by atoms with Crippen LogP contribution in [0.3, 0.4) is 0 Å². The summed E-state index contributed by atoms with van der Waals surface area (Å²) in [6.45, 7) is 9.01. The molecule has 0 aliphatic carbocycles. The van der Waals surface area contributed by atoms with E-state index in [1.807, 2.05) is 97.6 Å². The van der Waals surface area contributed by atoms with Gasteiger partial charge in [-0.3, -0.25) is 49.5 Å². The van der Waals surface area contributed by atoms with Gasteiger partial charge < -0.3 is 44.4 Å². The van der Waals surface area contributed by atoms with Crippen LogP contribution in [0.2, 0.25) is 0 Å². The van der Waals surface area contributed by atoms with Crippen LogP contribution in [-0.2, 0) is 48.5 Å². The van der Waals surface area contributed by atoms with Crippen LogP contribution in [0.25, 0.3) is 100 Å². The van der Waals surface area contributed by atoms with E-state index in [0.29, 0.717) is 58.9 Å². The van der Waals surface area contributed by atoms with Gasteiger partial charge in [-0.25, -0.2) is 4.79 Å². The molecule has 0 unspecified atom stereocenters. The van der Waals surface area contributed by atoms with E-state index in [0.717, 1.165) is 44.1 Å². The third-order valence-electron chi connectivity index (χ3n) is 13.3. The van der Waals surface area contributed by atoms with Crippen molar-refractivity contribution in [2.24, 2.45) is 0 Å². The fourth-order valence-corrected chi connectivity index (χ4v) is 8.98. The van der Waals surface area contributed by atoms with Crippen molar-refractivity contribution < 1.29 is 77.8 Å². The Morgan fingerprint density at radius 3 is 1.09 bits per heavy atom. The summed E-state index contributed by atoms with van der Waals surface area (Å²) >= 11 is 0. The van der Waals surface area contributed by atoms with Crippen LogP contribution in [0.4, 0.5) is 0 Å². The molecule has 0 atom stereocenters. The number of imidazole rings is 2. The van der Waals surface area contributed by atoms with E-state index in [4.69, 9.17) is 5.11 Å². The molecule has 20 nitrogen and oxygen atoms in total. The number of carbonyl (C=O) groups is 4. The molecule has 0 amide bonds. The van der Waals surface area contributed by atoms with Crippen LogP contribution in [0.1, 0.15) is 43.0 Å². The molecule has 0 fully saturated rings. The smallest absolute Gasteiger partial charge is 0.545 e. The van der Waals surface area contributed by atoms with E-state index < -0.39 is 11.9 Å². The number of para-hydroxylation sites is 4. The Bertz CT molecular complexity index is 4340. The number of benzene rings is 4. The van der Waals surface area contributed by atoms with Gasteiger partial charge in [0.2, 0.25) is 0 Å². The van der Waals surface area contributed by atoms with Crippen molar-refractivity contribution in [3.8, 4) is 45.9 Å². The van der Waals surface area contributed by atoms with Crippen LogP contribution in [0.15, 0.2) is 195 Å². The second kappa shape index (κ2) is 29.3. The molecule has 0 spiro atoms. The monoisotopic (exact) mass is 1340 g/mol. The molecular weight excluding hydrogens is 1290 g/mol. The quantitative estimate of drug-likeness (QED) is 0.0798. The maximum Gasteiger partial charge on any atom is 2.00 e. The van der Waals surface area contributed by atoms with Crippen molar-refractivity contribution in [2.45, 2.75) is 27.7 Å². The first kappa shape index (κ1) is 63.2. The molecule has 0 saturated heterocycles. The Kier molecular flexibility index (Phi) is 21.1. The van der Waals surface area contributed by atoms with Crippen LogP contribution < -0.4 is 24.5 Å². The van der Waals surface area contributed by atoms with Gasteiger partial charge >= 0.3 is 25.4 Å². The Morgan fingerprint density at radius 1 is 0.432 bits per heavy atom. The molecule has 14 rings (SSSR count). The summed E-state index contributed by atoms with van der Waals surface area (Å²) in [6, 6.07) is 43.6. The number of pyridine rings is 8. The number of aryl methyl sites for hydroxylation is 4. The number of carbonyl (C=O) groups excluding carboxylic acids is 3. The molecule has 88 heavy (non-hydrogen) atoms. The van der Waals surface area contributed by atoms with E-state index in [2.05, 4.69) is 121 Å². The van der Waals surface area contributed by atoms with E-state index in [1.54, 1.807) is 0 Å². The summed E-state index contributed by atoms with van der Waals surface area (Å²) in [5, 5.41) is 24.4. The normalized spacial score (nSPS) is 10.4. The van der Waals surface area contributed by atoms with Crippen LogP contribution in [0, 0.1) is 27.7 Å². The summed E-state index contributed by atoms with van der Waals surface area (Å²) < 4.78 is 9.35. The topological polar surface area (TPSA) is 287 Å². The van der Waals surface area contributed by atoms with Crippen molar-refractivity contribution in [1.29, 1.82) is 0 Å². The first-order chi connectivity index (χ1) is 41.8. The summed E-state index contributed by atoms with van der Waals surface area (Å²) in [5.41, 5.74) is 14.2. The minimum absolute atomic E-state index is 0. The molecule has 0 aliphatic rings. The van der Waals surface area contributed by atoms with E-state index in [-0.39, 0.29) is 50.1 Å². The van der Waals surface area contributed by atoms with Crippen molar-refractivity contribution in [3.63, 3.8) is 0 Å². The van der Waals surface area contributed by atoms with Crippen molar-refractivity contribution >= 4 is 90.6 Å². The van der Waals surface area contributed by atoms with Crippen LogP contribution in [0.5, 0.6) is 11.5 Å². The zero-order valence-electron chi connectivity index (χ0n) is 47.0. The molecule has 0 radical (unpaired) electrons. The average molecular weight is 1340 g/mol. The molecule has 0 bridgehead atoms. The molecule has 4 aromatic carbocycles. The van der Waals surface area contributed by atoms with E-state index >= 15 is 0 Å². The fraction of sp³-hybridized carbons (Fsp3) is 0.0606. The molecule has 10 aromatic heterocycles. The summed E-state index contributed by atoms with van der Waals surface area (Å²) in [6.07, 6.45) is 13.0. The predicted molar refractivity (Wildman–Crippen MR) is 322 cm³/mol. The van der Waals surface area contributed by atoms with Gasteiger partial charge in [0.1, 0.15) is 11.5 Å². The Hall–Kier alpha value is -10.8. The van der Waals surface area contributed by atoms with Crippen molar-refractivity contribution in [3.05, 3.63) is 229 Å². The van der Waals surface area contributed by atoms with Gasteiger partial charge in [0.05, 0.1) is 56.4 Å². The van der Waals surface area contributed by atoms with Crippen molar-refractivity contribution in [2.75, 3.05) is 0 Å². The zero-order chi connectivity index (χ0) is 60.1. The Morgan fingerprint density at radius 2 is 0.750 bits per heavy atom. The zero-order valence-corrected chi connectivity index (χ0v) is 50.5. The number of nitrogens with zero attached hydrogens (tertiary/aromatic N) is 12. The molecule has 1 N–H and O–H groups in total. The molecule has 22 heteroatoms. The number of hydrogen-bond acceptors (Lipinski definition) is 17. The largest absolute Gasteiger partial charge is 2.00 e. The number of fused-ring (bicyclic) bond motifs is 8. The first-order valence-electron chi connectivity index (χ1n) is 26.3. The van der Waals surface area contributed by atoms with Crippen LogP contribution >= 0.6 is 0 Å². The first-order valence-corrected chi connectivity index (χ1v) is 26.3. The molecule has 14 aromatic rings. The predicted octanol–water partition coefficient (Wildman–Crippen LogP) is 10.6. The second-order valence-electron chi connectivity index (χ2n) is 18.9. The number of ether oxygens (including phenoxy) is 2. The van der Waals surface area contributed by atoms with Gasteiger partial charge in [0, 0.05) is 108 Å². The Balaban J connectivity index is 0.000000142. The van der Waals surface area contributed by atoms with Gasteiger partial charge in [0.25, 0.3) is 12.9 Å². The minimum Gasteiger partial charge on any atom is -0.545 e. The van der Waals surface area contributed by atoms with Gasteiger partial charge in [-0.1, -0.05) is 84.4 Å². The standard InChI is InChI=1S/C14H8N4.2C14H12N2.2C12H8N2O4.2Ru/c1-2-6-10-9(5-1)15-13(16-10)14-17-11-7-3-4-8-12(11)18-14;2*1-9-5-7-15-13-11(9)3-4-12-10(2)6-8-16-14(12)13;2*15-7-18-9-2-4-14-11(6-9)10-5-8(12(16)17)1-3-13-10;;/h1-8H;2*3-8H,1-2H3;2*1-7H,(H,16,17);;/q-2;;;;;;+2/p-1. The summed E-state index contributed by atoms with van der Waals surface area (Å²) in [4.78, 5) is 93.7. The van der Waals surface area contributed by atoms with Gasteiger partial charge in [0.15, 0.2) is 0 Å². The number of aromatic carboxylic acids is 2. The number of carboxylic acids is 2. The van der Waals surface area contributed by atoms with Gasteiger partial charge in [-0.05, 0) is 133 Å².